The molecule has 0 fully saturated rings. The van der Waals surface area contributed by atoms with E-state index < -0.39 is 272 Å². The number of carboxylic acid groups (broad SMARTS) is 3. The molecule has 121 heavy (non-hydrogen) atoms. The maximum atomic E-state index is 14.7. The number of H-pyrrole nitrogens is 1. The molecule has 0 saturated heterocycles. The summed E-state index contributed by atoms with van der Waals surface area (Å²) in [6.45, 7) is 13.2. The monoisotopic (exact) mass is 1740 g/mol. The number of unbranched alkanes of at least 4 members (excludes halogenated alkanes) is 1. The number of para-hydroxylation sites is 1. The first-order valence-electron chi connectivity index (χ1n) is 39.7. The molecule has 41 nitrogen and oxygen atoms in total. The minimum atomic E-state index is -1.96. The van der Waals surface area contributed by atoms with Crippen LogP contribution in [0.15, 0.2) is 60.8 Å². The van der Waals surface area contributed by atoms with Gasteiger partial charge in [-0.1, -0.05) is 110 Å². The maximum Gasteiger partial charge on any atom is 0.326 e. The van der Waals surface area contributed by atoms with E-state index in [1.807, 2.05) is 13.8 Å². The van der Waals surface area contributed by atoms with Crippen molar-refractivity contribution in [1.29, 1.82) is 0 Å². The first-order valence-corrected chi connectivity index (χ1v) is 41.0. The molecular weight excluding hydrogens is 1620 g/mol. The Kier molecular flexibility index (Phi) is 45.5. The summed E-state index contributed by atoms with van der Waals surface area (Å²) in [5.41, 5.74) is 13.1. The first-order chi connectivity index (χ1) is 57.0. The number of rotatable bonds is 55. The van der Waals surface area contributed by atoms with E-state index in [4.69, 9.17) is 11.5 Å². The lowest BCUT2D eigenvalue weighted by Gasteiger charge is -2.30. The number of carbonyl (C=O) groups is 17. The third kappa shape index (κ3) is 34.8. The molecule has 0 saturated carbocycles. The molecule has 674 valence electrons. The van der Waals surface area contributed by atoms with E-state index >= 15 is 0 Å². The Morgan fingerprint density at radius 1 is 0.405 bits per heavy atom. The number of carboxylic acids is 3. The van der Waals surface area contributed by atoms with Gasteiger partial charge in [-0.25, -0.2) is 4.79 Å². The molecule has 0 radical (unpaired) electrons. The smallest absolute Gasteiger partial charge is 0.326 e. The van der Waals surface area contributed by atoms with Crippen LogP contribution in [0.25, 0.3) is 10.9 Å². The highest BCUT2D eigenvalue weighted by molar-refractivity contribution is 7.80. The number of aliphatic carboxylic acids is 3. The second-order valence-electron chi connectivity index (χ2n) is 30.5. The Hall–Kier alpha value is -10.6. The molecule has 26 N–H and O–H groups in total. The highest BCUT2D eigenvalue weighted by Gasteiger charge is 2.41. The molecule has 3 rings (SSSR count). The van der Waals surface area contributed by atoms with Gasteiger partial charge in [0.25, 0.3) is 0 Å². The maximum absolute atomic E-state index is 14.7. The second kappa shape index (κ2) is 52.6. The minimum Gasteiger partial charge on any atom is -0.481 e. The van der Waals surface area contributed by atoms with Crippen LogP contribution in [0.4, 0.5) is 0 Å². The van der Waals surface area contributed by atoms with Crippen LogP contribution in [0.1, 0.15) is 138 Å². The van der Waals surface area contributed by atoms with Crippen molar-refractivity contribution in [3.05, 3.63) is 71.9 Å². The number of carbonyl (C=O) groups excluding carboxylic acids is 14. The number of thiol groups is 2. The van der Waals surface area contributed by atoms with Gasteiger partial charge in [0, 0.05) is 54.3 Å². The predicted molar refractivity (Wildman–Crippen MR) is 445 cm³/mol. The third-order valence-electron chi connectivity index (χ3n) is 19.5. The number of aromatic amines is 1. The average Bonchev–Trinajstić information content (AvgIpc) is 1.71. The van der Waals surface area contributed by atoms with Crippen LogP contribution in [0, 0.1) is 23.7 Å². The zero-order valence-corrected chi connectivity index (χ0v) is 71.1. The van der Waals surface area contributed by atoms with Crippen molar-refractivity contribution >= 4 is 137 Å². The van der Waals surface area contributed by atoms with Crippen LogP contribution in [-0.4, -0.2) is 275 Å². The Bertz CT molecular complexity index is 4010. The van der Waals surface area contributed by atoms with Crippen LogP contribution in [0.5, 0.6) is 0 Å². The number of hydrogen-bond donors (Lipinski definition) is 26. The van der Waals surface area contributed by atoms with Gasteiger partial charge in [-0.3, -0.25) is 76.7 Å². The number of nitrogens with one attached hydrogen (secondary N) is 15. The summed E-state index contributed by atoms with van der Waals surface area (Å²) in [4.78, 5) is 236. The molecule has 1 aromatic heterocycles. The number of hydrogen-bond acceptors (Lipinski definition) is 25. The number of aliphatic hydroxyl groups excluding tert-OH is 4. The lowest BCUT2D eigenvalue weighted by Crippen LogP contribution is -2.63. The van der Waals surface area contributed by atoms with Gasteiger partial charge < -0.3 is 127 Å². The molecule has 0 unspecified atom stereocenters. The summed E-state index contributed by atoms with van der Waals surface area (Å²) in [6, 6.07) is -9.53. The highest BCUT2D eigenvalue weighted by atomic mass is 32.1. The van der Waals surface area contributed by atoms with Gasteiger partial charge in [-0.2, -0.15) is 25.3 Å². The van der Waals surface area contributed by atoms with Gasteiger partial charge in [-0.05, 0) is 99.8 Å². The van der Waals surface area contributed by atoms with Crippen LogP contribution in [-0.2, 0) is 94.3 Å². The molecule has 3 aromatic rings. The van der Waals surface area contributed by atoms with Crippen molar-refractivity contribution in [1.82, 2.24) is 79.4 Å². The molecule has 1 heterocycles. The van der Waals surface area contributed by atoms with Gasteiger partial charge in [0.15, 0.2) is 0 Å². The van der Waals surface area contributed by atoms with E-state index in [9.17, 15) is 117 Å². The molecule has 0 spiro atoms. The van der Waals surface area contributed by atoms with E-state index in [0.29, 0.717) is 34.9 Å². The highest BCUT2D eigenvalue weighted by Crippen LogP contribution is 2.21. The number of benzene rings is 2. The fourth-order valence-electron chi connectivity index (χ4n) is 12.3. The quantitative estimate of drug-likeness (QED) is 0.0186. The van der Waals surface area contributed by atoms with Crippen molar-refractivity contribution < 1.29 is 117 Å². The van der Waals surface area contributed by atoms with Gasteiger partial charge in [0.05, 0.1) is 31.5 Å². The topological polar surface area (TPSA) is 668 Å². The number of aromatic nitrogens is 1. The summed E-state index contributed by atoms with van der Waals surface area (Å²) in [5, 5.41) is 106. The number of amides is 14. The van der Waals surface area contributed by atoms with Crippen molar-refractivity contribution in [2.45, 2.75) is 243 Å². The number of aliphatic hydroxyl groups is 4. The van der Waals surface area contributed by atoms with Gasteiger partial charge in [-0.15, -0.1) is 0 Å². The Balaban J connectivity index is 1.90. The van der Waals surface area contributed by atoms with Crippen molar-refractivity contribution in [3.8, 4) is 0 Å². The van der Waals surface area contributed by atoms with Gasteiger partial charge in [0.1, 0.15) is 84.6 Å². The van der Waals surface area contributed by atoms with Crippen LogP contribution in [0.3, 0.4) is 0 Å². The zero-order chi connectivity index (χ0) is 91.2. The SMILES string of the molecule is CC[C@H](C)[C@H](NC(=O)[C@H](Cc1c[nH]c2ccccc12)NC(=O)[C@H](CO)NC(=O)[C@H](CO)NC(=O)[C@@H](N)CC(C)C)C(=O)N[C@@H](CS)C(=O)N[C@@H](Cc1ccccc1)C(=O)N[C@H](C(=O)N[C@@H](CS)C(=O)N[C@@H](CCC(=O)O)C(=O)N[C@H](C(=O)N[C@@H](CCC(=O)O)C(=O)N[C@H](C(=O)N[C@H](C(=O)N[C@@H](CCCCN)C(=O)O)C(C)C)[C@@H](C)O)C(C)C)[C@@H](C)O. The lowest BCUT2D eigenvalue weighted by atomic mass is 9.96. The molecule has 0 aliphatic carbocycles. The molecule has 0 bridgehead atoms. The van der Waals surface area contributed by atoms with Crippen molar-refractivity contribution in [3.63, 3.8) is 0 Å². The van der Waals surface area contributed by atoms with E-state index in [2.05, 4.69) is 105 Å². The molecule has 14 amide bonds. The molecule has 18 atom stereocenters. The summed E-state index contributed by atoms with van der Waals surface area (Å²) in [7, 11) is 0. The lowest BCUT2D eigenvalue weighted by molar-refractivity contribution is -0.143. The molecular formula is C78H121N17O24S2. The minimum absolute atomic E-state index is 0.000754. The van der Waals surface area contributed by atoms with Crippen LogP contribution >= 0.6 is 25.3 Å². The van der Waals surface area contributed by atoms with Gasteiger partial charge >= 0.3 is 17.9 Å². The third-order valence-corrected chi connectivity index (χ3v) is 20.2. The molecule has 2 aromatic carbocycles. The number of fused-ring (bicyclic) bond motifs is 1. The zero-order valence-electron chi connectivity index (χ0n) is 69.3. The summed E-state index contributed by atoms with van der Waals surface area (Å²) in [6.07, 6.45) is -4.18. The van der Waals surface area contributed by atoms with Crippen molar-refractivity contribution in [2.24, 2.45) is 35.1 Å². The number of nitrogens with two attached hydrogens (primary N) is 2. The summed E-state index contributed by atoms with van der Waals surface area (Å²) >= 11 is 8.55. The van der Waals surface area contributed by atoms with E-state index in [1.54, 1.807) is 74.6 Å². The first kappa shape index (κ1) is 105. The standard InChI is InChI=1S/C78H121N17O24S2/c1-11-40(8)61(93-68(108)52(31-44-32-81-47-22-16-15-21-45(44)47)86-69(109)54(34-97)88-70(110)53(33-96)87-64(104)46(80)29-37(2)3)75(115)89-56(36-121)72(112)85-51(30-43-19-13-12-14-20-43)67(107)95-62(41(9)98)76(116)90-55(35-120)71(111)82-48(24-26-57(100)101)65(105)91-59(38(4)5)73(113)83-49(25-27-58(102)103)66(106)94-63(42(10)99)77(117)92-60(39(6)7)74(114)84-50(78(118)119)23-17-18-28-79/h12-16,19-22,32,37-42,46,48-56,59-63,81,96-99,120-121H,11,17-18,23-31,33-36,79-80H2,1-10H3,(H,82,111)(H,83,113)(H,84,114)(H,85,112)(H,86,109)(H,87,104)(H,88,110)(H,89,115)(H,90,116)(H,91,105)(H,92,117)(H,93,108)(H,94,106)(H,95,107)(H,100,101)(H,102,103)(H,118,119)/t40-,41+,42+,46-,48-,49-,50-,51-,52-,53-,54-,55-,56-,59-,60-,61-,62-,63-/m0/s1. The fourth-order valence-corrected chi connectivity index (χ4v) is 12.8. The van der Waals surface area contributed by atoms with Crippen LogP contribution in [0.2, 0.25) is 0 Å². The van der Waals surface area contributed by atoms with Crippen molar-refractivity contribution in [2.75, 3.05) is 31.3 Å². The Morgan fingerprint density at radius 2 is 0.760 bits per heavy atom. The predicted octanol–water partition coefficient (Wildman–Crippen LogP) is -4.98. The fraction of sp³-hybridized carbons (Fsp3) is 0.603. The average molecular weight is 1750 g/mol. The largest absolute Gasteiger partial charge is 0.481 e. The molecule has 0 aliphatic rings. The van der Waals surface area contributed by atoms with E-state index in [1.165, 1.54) is 27.7 Å². The van der Waals surface area contributed by atoms with Crippen LogP contribution < -0.4 is 85.9 Å². The van der Waals surface area contributed by atoms with E-state index in [-0.39, 0.29) is 44.6 Å². The van der Waals surface area contributed by atoms with E-state index in [0.717, 1.165) is 13.8 Å². The Labute approximate surface area is 711 Å². The summed E-state index contributed by atoms with van der Waals surface area (Å²) < 4.78 is 0. The second-order valence-corrected chi connectivity index (χ2v) is 31.3. The normalized spacial score (nSPS) is 15.8. The van der Waals surface area contributed by atoms with Gasteiger partial charge in [0.2, 0.25) is 82.7 Å². The molecule has 0 aliphatic heterocycles. The summed E-state index contributed by atoms with van der Waals surface area (Å²) in [5.74, 6) is -22.9. The Morgan fingerprint density at radius 3 is 1.19 bits per heavy atom. The molecule has 43 heteroatoms.